The second-order valence-corrected chi connectivity index (χ2v) is 7.12. The van der Waals surface area contributed by atoms with E-state index in [9.17, 15) is 0 Å². The van der Waals surface area contributed by atoms with E-state index >= 15 is 0 Å². The zero-order valence-corrected chi connectivity index (χ0v) is 15.3. The Kier molecular flexibility index (Phi) is 5.89. The Labute approximate surface area is 152 Å². The molecule has 0 saturated heterocycles. The Bertz CT molecular complexity index is 763. The molecule has 0 spiro atoms. The van der Waals surface area contributed by atoms with Crippen molar-refractivity contribution in [2.24, 2.45) is 0 Å². The number of nitrogens with zero attached hydrogens (tertiary/aromatic N) is 1. The van der Waals surface area contributed by atoms with Gasteiger partial charge in [0.15, 0.2) is 5.13 Å². The summed E-state index contributed by atoms with van der Waals surface area (Å²) in [6.45, 7) is 2.24. The van der Waals surface area contributed by atoms with Gasteiger partial charge in [-0.3, -0.25) is 0 Å². The van der Waals surface area contributed by atoms with Gasteiger partial charge in [0, 0.05) is 21.7 Å². The minimum atomic E-state index is 0.742. The monoisotopic (exact) mass is 356 g/mol. The highest BCUT2D eigenvalue weighted by Gasteiger charge is 2.05. The summed E-state index contributed by atoms with van der Waals surface area (Å²) in [5.41, 5.74) is 4.52. The molecule has 124 valence electrons. The van der Waals surface area contributed by atoms with E-state index in [1.165, 1.54) is 24.8 Å². The van der Waals surface area contributed by atoms with Crippen molar-refractivity contribution in [2.45, 2.75) is 32.6 Å². The quantitative estimate of drug-likeness (QED) is 0.464. The number of aromatic nitrogens is 1. The topological polar surface area (TPSA) is 24.9 Å². The van der Waals surface area contributed by atoms with E-state index in [1.807, 2.05) is 24.3 Å². The van der Waals surface area contributed by atoms with Crippen LogP contribution in [0.25, 0.3) is 11.3 Å². The molecule has 0 unspecified atom stereocenters. The third-order valence-electron chi connectivity index (χ3n) is 3.92. The van der Waals surface area contributed by atoms with Crippen LogP contribution in [0, 0.1) is 0 Å². The Morgan fingerprint density at radius 2 is 1.75 bits per heavy atom. The number of nitrogens with one attached hydrogen (secondary N) is 1. The average Bonchev–Trinajstić information content (AvgIpc) is 3.06. The number of thiazole rings is 1. The first kappa shape index (κ1) is 17.0. The SMILES string of the molecule is CCCCCc1ccc(Nc2nc(-c3ccc(Cl)cc3)cs2)cc1. The molecule has 0 aliphatic heterocycles. The number of halogens is 1. The normalized spacial score (nSPS) is 10.8. The van der Waals surface area contributed by atoms with Crippen molar-refractivity contribution in [1.82, 2.24) is 4.98 Å². The molecule has 2 nitrogen and oxygen atoms in total. The number of aryl methyl sites for hydroxylation is 1. The fraction of sp³-hybridized carbons (Fsp3) is 0.250. The molecule has 3 aromatic rings. The van der Waals surface area contributed by atoms with Crippen molar-refractivity contribution < 1.29 is 0 Å². The second kappa shape index (κ2) is 8.32. The second-order valence-electron chi connectivity index (χ2n) is 5.82. The zero-order chi connectivity index (χ0) is 16.8. The third kappa shape index (κ3) is 4.59. The van der Waals surface area contributed by atoms with Crippen molar-refractivity contribution in [1.29, 1.82) is 0 Å². The van der Waals surface area contributed by atoms with Gasteiger partial charge in [-0.25, -0.2) is 4.98 Å². The molecule has 1 heterocycles. The van der Waals surface area contributed by atoms with Gasteiger partial charge < -0.3 is 5.32 Å². The lowest BCUT2D eigenvalue weighted by Gasteiger charge is -2.05. The Balaban J connectivity index is 1.63. The fourth-order valence-corrected chi connectivity index (χ4v) is 3.41. The summed E-state index contributed by atoms with van der Waals surface area (Å²) in [6, 6.07) is 16.4. The van der Waals surface area contributed by atoms with E-state index in [0.29, 0.717) is 0 Å². The highest BCUT2D eigenvalue weighted by Crippen LogP contribution is 2.28. The molecule has 0 bridgehead atoms. The van der Waals surface area contributed by atoms with E-state index in [1.54, 1.807) is 11.3 Å². The summed E-state index contributed by atoms with van der Waals surface area (Å²) >= 11 is 7.54. The van der Waals surface area contributed by atoms with Crippen LogP contribution in [0.3, 0.4) is 0 Å². The minimum Gasteiger partial charge on any atom is -0.332 e. The third-order valence-corrected chi connectivity index (χ3v) is 4.93. The van der Waals surface area contributed by atoms with Gasteiger partial charge in [-0.15, -0.1) is 11.3 Å². The molecule has 0 radical (unpaired) electrons. The first-order valence-electron chi connectivity index (χ1n) is 8.32. The van der Waals surface area contributed by atoms with Crippen LogP contribution in [0.5, 0.6) is 0 Å². The van der Waals surface area contributed by atoms with E-state index < -0.39 is 0 Å². The highest BCUT2D eigenvalue weighted by molar-refractivity contribution is 7.14. The number of hydrogen-bond acceptors (Lipinski definition) is 3. The summed E-state index contributed by atoms with van der Waals surface area (Å²) in [5.74, 6) is 0. The smallest absolute Gasteiger partial charge is 0.187 e. The zero-order valence-electron chi connectivity index (χ0n) is 13.8. The molecule has 4 heteroatoms. The van der Waals surface area contributed by atoms with Crippen LogP contribution in [0.4, 0.5) is 10.8 Å². The van der Waals surface area contributed by atoms with Crippen LogP contribution in [0.2, 0.25) is 5.02 Å². The summed E-state index contributed by atoms with van der Waals surface area (Å²) in [7, 11) is 0. The molecule has 0 aliphatic rings. The molecule has 0 atom stereocenters. The molecule has 2 aromatic carbocycles. The van der Waals surface area contributed by atoms with Crippen molar-refractivity contribution in [3.63, 3.8) is 0 Å². The van der Waals surface area contributed by atoms with Gasteiger partial charge >= 0.3 is 0 Å². The Hall–Kier alpha value is -1.84. The number of hydrogen-bond donors (Lipinski definition) is 1. The summed E-state index contributed by atoms with van der Waals surface area (Å²) < 4.78 is 0. The van der Waals surface area contributed by atoms with Crippen molar-refractivity contribution in [3.05, 3.63) is 64.5 Å². The van der Waals surface area contributed by atoms with Crippen LogP contribution in [-0.4, -0.2) is 4.98 Å². The molecule has 24 heavy (non-hydrogen) atoms. The molecule has 0 fully saturated rings. The Morgan fingerprint density at radius 3 is 2.46 bits per heavy atom. The van der Waals surface area contributed by atoms with Gasteiger partial charge in [0.2, 0.25) is 0 Å². The predicted molar refractivity (Wildman–Crippen MR) is 106 cm³/mol. The fourth-order valence-electron chi connectivity index (χ4n) is 2.54. The maximum atomic E-state index is 5.93. The van der Waals surface area contributed by atoms with Crippen LogP contribution < -0.4 is 5.32 Å². The van der Waals surface area contributed by atoms with Crippen LogP contribution in [-0.2, 0) is 6.42 Å². The van der Waals surface area contributed by atoms with Gasteiger partial charge in [-0.05, 0) is 42.7 Å². The standard InChI is InChI=1S/C20H21ClN2S/c1-2-3-4-5-15-6-12-18(13-7-15)22-20-23-19(14-24-20)16-8-10-17(21)11-9-16/h6-14H,2-5H2,1H3,(H,22,23). The molecule has 0 saturated carbocycles. The maximum Gasteiger partial charge on any atom is 0.187 e. The van der Waals surface area contributed by atoms with Crippen molar-refractivity contribution in [2.75, 3.05) is 5.32 Å². The highest BCUT2D eigenvalue weighted by atomic mass is 35.5. The first-order chi connectivity index (χ1) is 11.7. The van der Waals surface area contributed by atoms with E-state index in [2.05, 4.69) is 46.9 Å². The van der Waals surface area contributed by atoms with Gasteiger partial charge in [-0.2, -0.15) is 0 Å². The maximum absolute atomic E-state index is 5.93. The molecule has 1 aromatic heterocycles. The molecule has 0 amide bonds. The molecule has 0 aliphatic carbocycles. The molecular weight excluding hydrogens is 336 g/mol. The van der Waals surface area contributed by atoms with E-state index in [-0.39, 0.29) is 0 Å². The van der Waals surface area contributed by atoms with E-state index in [4.69, 9.17) is 11.6 Å². The van der Waals surface area contributed by atoms with E-state index in [0.717, 1.165) is 33.5 Å². The summed E-state index contributed by atoms with van der Waals surface area (Å²) in [5, 5.41) is 7.09. The first-order valence-corrected chi connectivity index (χ1v) is 9.58. The molecule has 1 N–H and O–H groups in total. The van der Waals surface area contributed by atoms with Crippen LogP contribution in [0.1, 0.15) is 31.7 Å². The molecule has 3 rings (SSSR count). The van der Waals surface area contributed by atoms with Gasteiger partial charge in [0.25, 0.3) is 0 Å². The summed E-state index contributed by atoms with van der Waals surface area (Å²) in [4.78, 5) is 4.65. The number of benzene rings is 2. The van der Waals surface area contributed by atoms with Crippen molar-refractivity contribution >= 4 is 33.8 Å². The Morgan fingerprint density at radius 1 is 1.00 bits per heavy atom. The summed E-state index contributed by atoms with van der Waals surface area (Å²) in [6.07, 6.45) is 4.98. The molecular formula is C20H21ClN2S. The minimum absolute atomic E-state index is 0.742. The van der Waals surface area contributed by atoms with Crippen LogP contribution in [0.15, 0.2) is 53.9 Å². The number of unbranched alkanes of at least 4 members (excludes halogenated alkanes) is 2. The van der Waals surface area contributed by atoms with Gasteiger partial charge in [-0.1, -0.05) is 55.6 Å². The predicted octanol–water partition coefficient (Wildman–Crippen LogP) is 6.94. The number of anilines is 2. The lowest BCUT2D eigenvalue weighted by Crippen LogP contribution is -1.91. The average molecular weight is 357 g/mol. The van der Waals surface area contributed by atoms with Crippen molar-refractivity contribution in [3.8, 4) is 11.3 Å². The lowest BCUT2D eigenvalue weighted by molar-refractivity contribution is 0.717. The number of rotatable bonds is 7. The largest absolute Gasteiger partial charge is 0.332 e. The van der Waals surface area contributed by atoms with Crippen LogP contribution >= 0.6 is 22.9 Å². The van der Waals surface area contributed by atoms with Gasteiger partial charge in [0.05, 0.1) is 5.69 Å². The van der Waals surface area contributed by atoms with Gasteiger partial charge in [0.1, 0.15) is 0 Å². The lowest BCUT2D eigenvalue weighted by atomic mass is 10.1.